The third kappa shape index (κ3) is 4.09. The smallest absolute Gasteiger partial charge is 0.0625 e. The summed E-state index contributed by atoms with van der Waals surface area (Å²) in [7, 11) is 2.10. The van der Waals surface area contributed by atoms with Crippen LogP contribution in [-0.2, 0) is 13.5 Å². The molecule has 3 unspecified atom stereocenters. The Kier molecular flexibility index (Phi) is 5.86. The Morgan fingerprint density at radius 2 is 1.90 bits per heavy atom. The van der Waals surface area contributed by atoms with Crippen LogP contribution in [0, 0.1) is 17.8 Å². The van der Waals surface area contributed by atoms with Crippen molar-refractivity contribution in [3.05, 3.63) is 17.5 Å². The fourth-order valence-electron chi connectivity index (χ4n) is 4.10. The minimum Gasteiger partial charge on any atom is -0.308 e. The molecule has 3 nitrogen and oxygen atoms in total. The van der Waals surface area contributed by atoms with E-state index in [9.17, 15) is 0 Å². The molecule has 3 heteroatoms. The van der Waals surface area contributed by atoms with Gasteiger partial charge in [-0.3, -0.25) is 4.68 Å². The molecular formula is C18H33N3. The molecular weight excluding hydrogens is 258 g/mol. The molecule has 21 heavy (non-hydrogen) atoms. The number of nitrogens with zero attached hydrogens (tertiary/aromatic N) is 2. The highest BCUT2D eigenvalue weighted by molar-refractivity contribution is 5.15. The van der Waals surface area contributed by atoms with Crippen LogP contribution < -0.4 is 5.32 Å². The lowest BCUT2D eigenvalue weighted by Crippen LogP contribution is -2.34. The largest absolute Gasteiger partial charge is 0.308 e. The molecule has 1 heterocycles. The molecule has 3 atom stereocenters. The minimum atomic E-state index is 0.466. The van der Waals surface area contributed by atoms with E-state index in [-0.39, 0.29) is 0 Å². The molecule has 1 aliphatic rings. The monoisotopic (exact) mass is 291 g/mol. The Labute approximate surface area is 130 Å². The van der Waals surface area contributed by atoms with Crippen molar-refractivity contribution in [1.29, 1.82) is 0 Å². The summed E-state index contributed by atoms with van der Waals surface area (Å²) in [4.78, 5) is 0. The summed E-state index contributed by atoms with van der Waals surface area (Å²) in [5, 5.41) is 8.48. The number of aromatic nitrogens is 2. The maximum Gasteiger partial charge on any atom is 0.0625 e. The zero-order valence-electron chi connectivity index (χ0n) is 14.5. The van der Waals surface area contributed by atoms with Crippen LogP contribution in [0.15, 0.2) is 6.07 Å². The summed E-state index contributed by atoms with van der Waals surface area (Å²) in [6.45, 7) is 10.4. The Hall–Kier alpha value is -0.830. The van der Waals surface area contributed by atoms with Crippen molar-refractivity contribution in [2.75, 3.05) is 6.54 Å². The van der Waals surface area contributed by atoms with Crippen LogP contribution >= 0.6 is 0 Å². The Morgan fingerprint density at radius 3 is 2.43 bits per heavy atom. The van der Waals surface area contributed by atoms with Crippen LogP contribution in [0.25, 0.3) is 0 Å². The van der Waals surface area contributed by atoms with Gasteiger partial charge in [0.25, 0.3) is 0 Å². The van der Waals surface area contributed by atoms with Crippen molar-refractivity contribution in [2.45, 2.75) is 65.8 Å². The lowest BCUT2D eigenvalue weighted by molar-refractivity contribution is 0.172. The van der Waals surface area contributed by atoms with Crippen LogP contribution in [-0.4, -0.2) is 16.3 Å². The van der Waals surface area contributed by atoms with Gasteiger partial charge in [0.1, 0.15) is 0 Å². The predicted octanol–water partition coefficient (Wildman–Crippen LogP) is 4.10. The zero-order chi connectivity index (χ0) is 15.4. The topological polar surface area (TPSA) is 29.9 Å². The summed E-state index contributed by atoms with van der Waals surface area (Å²) in [6.07, 6.45) is 6.29. The molecule has 0 saturated heterocycles. The van der Waals surface area contributed by atoms with Crippen molar-refractivity contribution in [3.8, 4) is 0 Å². The van der Waals surface area contributed by atoms with Gasteiger partial charge < -0.3 is 5.32 Å². The molecule has 1 aromatic rings. The Morgan fingerprint density at radius 1 is 1.24 bits per heavy atom. The van der Waals surface area contributed by atoms with Crippen molar-refractivity contribution in [1.82, 2.24) is 15.1 Å². The van der Waals surface area contributed by atoms with E-state index in [1.54, 1.807) is 0 Å². The number of hydrogen-bond donors (Lipinski definition) is 1. The van der Waals surface area contributed by atoms with E-state index in [0.29, 0.717) is 6.04 Å². The standard InChI is InChI=1S/C18H33N3/c1-6-8-19-18(15-10-13(3)9-14(4)11-15)17-12-16(7-2)20-21(17)5/h12-15,18-19H,6-11H2,1-5H3. The summed E-state index contributed by atoms with van der Waals surface area (Å²) >= 11 is 0. The van der Waals surface area contributed by atoms with E-state index in [2.05, 4.69) is 55.9 Å². The van der Waals surface area contributed by atoms with Gasteiger partial charge in [0.15, 0.2) is 0 Å². The molecule has 2 rings (SSSR count). The van der Waals surface area contributed by atoms with Gasteiger partial charge in [-0.15, -0.1) is 0 Å². The molecule has 1 aromatic heterocycles. The Bertz CT molecular complexity index is 428. The van der Waals surface area contributed by atoms with Crippen LogP contribution in [0.3, 0.4) is 0 Å². The summed E-state index contributed by atoms with van der Waals surface area (Å²) in [5.74, 6) is 2.45. The molecule has 0 spiro atoms. The maximum atomic E-state index is 4.67. The maximum absolute atomic E-state index is 4.67. The van der Waals surface area contributed by atoms with Crippen LogP contribution in [0.4, 0.5) is 0 Å². The van der Waals surface area contributed by atoms with Crippen molar-refractivity contribution in [3.63, 3.8) is 0 Å². The van der Waals surface area contributed by atoms with Crippen molar-refractivity contribution >= 4 is 0 Å². The highest BCUT2D eigenvalue weighted by atomic mass is 15.3. The van der Waals surface area contributed by atoms with Crippen molar-refractivity contribution in [2.24, 2.45) is 24.8 Å². The molecule has 0 amide bonds. The normalized spacial score (nSPS) is 27.8. The average molecular weight is 291 g/mol. The van der Waals surface area contributed by atoms with Gasteiger partial charge in [-0.05, 0) is 62.5 Å². The third-order valence-corrected chi connectivity index (χ3v) is 4.95. The lowest BCUT2D eigenvalue weighted by Gasteiger charge is -2.37. The van der Waals surface area contributed by atoms with Gasteiger partial charge in [0, 0.05) is 7.05 Å². The van der Waals surface area contributed by atoms with Crippen LogP contribution in [0.2, 0.25) is 0 Å². The minimum absolute atomic E-state index is 0.466. The SMILES string of the molecule is CCCNC(c1cc(CC)nn1C)C1CC(C)CC(C)C1. The van der Waals surface area contributed by atoms with Crippen molar-refractivity contribution < 1.29 is 0 Å². The first-order chi connectivity index (χ1) is 10.0. The molecule has 1 aliphatic carbocycles. The highest BCUT2D eigenvalue weighted by Crippen LogP contribution is 2.39. The molecule has 0 radical (unpaired) electrons. The molecule has 0 aliphatic heterocycles. The second kappa shape index (κ2) is 7.44. The first-order valence-electron chi connectivity index (χ1n) is 8.81. The highest BCUT2D eigenvalue weighted by Gasteiger charge is 2.32. The second-order valence-corrected chi connectivity index (χ2v) is 7.15. The summed E-state index contributed by atoms with van der Waals surface area (Å²) in [6, 6.07) is 2.78. The molecule has 0 aromatic carbocycles. The van der Waals surface area contributed by atoms with E-state index in [1.165, 1.54) is 37.1 Å². The second-order valence-electron chi connectivity index (χ2n) is 7.15. The van der Waals surface area contributed by atoms with E-state index < -0.39 is 0 Å². The number of hydrogen-bond acceptors (Lipinski definition) is 2. The molecule has 0 bridgehead atoms. The van der Waals surface area contributed by atoms with Gasteiger partial charge in [-0.25, -0.2) is 0 Å². The van der Waals surface area contributed by atoms with Gasteiger partial charge in [-0.1, -0.05) is 27.7 Å². The number of nitrogens with one attached hydrogen (secondary N) is 1. The molecule has 120 valence electrons. The number of rotatable bonds is 6. The summed E-state index contributed by atoms with van der Waals surface area (Å²) in [5.41, 5.74) is 2.60. The fourth-order valence-corrected chi connectivity index (χ4v) is 4.10. The van der Waals surface area contributed by atoms with Gasteiger partial charge in [-0.2, -0.15) is 5.10 Å². The van der Waals surface area contributed by atoms with Gasteiger partial charge in [0.05, 0.1) is 17.4 Å². The van der Waals surface area contributed by atoms with E-state index in [0.717, 1.165) is 30.7 Å². The lowest BCUT2D eigenvalue weighted by atomic mass is 9.73. The third-order valence-electron chi connectivity index (χ3n) is 4.95. The Balaban J connectivity index is 2.22. The van der Waals surface area contributed by atoms with Gasteiger partial charge in [0.2, 0.25) is 0 Å². The quantitative estimate of drug-likeness (QED) is 0.855. The number of aryl methyl sites for hydroxylation is 2. The average Bonchev–Trinajstić information content (AvgIpc) is 2.80. The molecule has 1 N–H and O–H groups in total. The van der Waals surface area contributed by atoms with E-state index in [4.69, 9.17) is 0 Å². The van der Waals surface area contributed by atoms with Crippen LogP contribution in [0.5, 0.6) is 0 Å². The van der Waals surface area contributed by atoms with Gasteiger partial charge >= 0.3 is 0 Å². The van der Waals surface area contributed by atoms with E-state index >= 15 is 0 Å². The molecule has 1 saturated carbocycles. The summed E-state index contributed by atoms with van der Waals surface area (Å²) < 4.78 is 2.11. The zero-order valence-corrected chi connectivity index (χ0v) is 14.5. The first kappa shape index (κ1) is 16.5. The molecule has 1 fully saturated rings. The first-order valence-corrected chi connectivity index (χ1v) is 8.81. The predicted molar refractivity (Wildman–Crippen MR) is 89.3 cm³/mol. The van der Waals surface area contributed by atoms with E-state index in [1.807, 2.05) is 0 Å². The fraction of sp³-hybridized carbons (Fsp3) is 0.833. The van der Waals surface area contributed by atoms with Crippen LogP contribution in [0.1, 0.15) is 70.8 Å².